The molecule has 0 spiro atoms. The third-order valence-corrected chi connectivity index (χ3v) is 6.38. The Bertz CT molecular complexity index is 838. The molecule has 0 aliphatic heterocycles. The zero-order valence-electron chi connectivity index (χ0n) is 15.2. The summed E-state index contributed by atoms with van der Waals surface area (Å²) >= 11 is 0. The predicted molar refractivity (Wildman–Crippen MR) is 94.9 cm³/mol. The summed E-state index contributed by atoms with van der Waals surface area (Å²) in [4.78, 5) is 26.5. The van der Waals surface area contributed by atoms with Crippen LogP contribution in [0, 0.1) is 10.8 Å². The average Bonchev–Trinajstić information content (AvgIpc) is 3.08. The summed E-state index contributed by atoms with van der Waals surface area (Å²) in [6, 6.07) is 3.48. The Labute approximate surface area is 147 Å². The van der Waals surface area contributed by atoms with Crippen molar-refractivity contribution in [1.82, 2.24) is 0 Å². The molecule has 0 aromatic carbocycles. The molecule has 0 saturated carbocycles. The van der Waals surface area contributed by atoms with Crippen molar-refractivity contribution in [3.05, 3.63) is 59.1 Å². The largest absolute Gasteiger partial charge is 0.463 e. The molecule has 0 unspecified atom stereocenters. The molecule has 4 heteroatoms. The van der Waals surface area contributed by atoms with E-state index in [0.717, 1.165) is 5.57 Å². The summed E-state index contributed by atoms with van der Waals surface area (Å²) in [6.07, 6.45) is 4.21. The van der Waals surface area contributed by atoms with E-state index in [-0.39, 0.29) is 18.2 Å². The summed E-state index contributed by atoms with van der Waals surface area (Å²) in [7, 11) is 0. The number of Topliss-reactive ketones (excluding diaryl/α,β-unsaturated/α-hetero) is 2. The van der Waals surface area contributed by atoms with Crippen LogP contribution in [0.15, 0.2) is 52.0 Å². The lowest BCUT2D eigenvalue weighted by molar-refractivity contribution is -0.147. The number of aliphatic hydroxyl groups excluding tert-OH is 1. The standard InChI is InChI=1S/C21H24O4/c1-6-14-9-10-20(4)18(23)12(2)13(3)19(24)21(20,5)17(14)16-8-7-15(11-22)25-16/h6-9,17,22H,1,10-11H2,2-5H3/t17-,20+,21-/m1/s1. The highest BCUT2D eigenvalue weighted by atomic mass is 16.4. The van der Waals surface area contributed by atoms with Crippen LogP contribution < -0.4 is 0 Å². The minimum atomic E-state index is -0.962. The second-order valence-electron chi connectivity index (χ2n) is 7.45. The molecule has 25 heavy (non-hydrogen) atoms. The molecule has 3 atom stereocenters. The minimum Gasteiger partial charge on any atom is -0.463 e. The van der Waals surface area contributed by atoms with Crippen LogP contribution in [0.25, 0.3) is 0 Å². The highest BCUT2D eigenvalue weighted by Gasteiger charge is 2.63. The van der Waals surface area contributed by atoms with Crippen molar-refractivity contribution in [2.45, 2.75) is 46.6 Å². The van der Waals surface area contributed by atoms with Crippen molar-refractivity contribution in [2.24, 2.45) is 10.8 Å². The van der Waals surface area contributed by atoms with E-state index in [1.54, 1.807) is 32.1 Å². The molecule has 0 radical (unpaired) electrons. The maximum atomic E-state index is 13.4. The number of carbonyl (C=O) groups is 2. The number of rotatable bonds is 3. The SMILES string of the molecule is C=CC1=CC[C@@]2(C)C(=O)C(C)=C(C)C(=O)[C@@]2(C)[C@H]1c1ccc(CO)o1. The fraction of sp³-hybridized carbons (Fsp3) is 0.429. The molecule has 1 aromatic heterocycles. The van der Waals surface area contributed by atoms with E-state index in [1.807, 2.05) is 19.9 Å². The van der Waals surface area contributed by atoms with E-state index >= 15 is 0 Å². The van der Waals surface area contributed by atoms with Gasteiger partial charge in [0, 0.05) is 5.41 Å². The average molecular weight is 340 g/mol. The first-order valence-electron chi connectivity index (χ1n) is 8.51. The van der Waals surface area contributed by atoms with Gasteiger partial charge in [-0.2, -0.15) is 0 Å². The van der Waals surface area contributed by atoms with Crippen LogP contribution in [-0.2, 0) is 16.2 Å². The van der Waals surface area contributed by atoms with Gasteiger partial charge in [0.25, 0.3) is 0 Å². The number of ketones is 2. The third-order valence-electron chi connectivity index (χ3n) is 6.38. The lowest BCUT2D eigenvalue weighted by Crippen LogP contribution is -2.57. The molecule has 1 N–H and O–H groups in total. The van der Waals surface area contributed by atoms with Gasteiger partial charge in [0.05, 0.1) is 11.3 Å². The van der Waals surface area contributed by atoms with Gasteiger partial charge >= 0.3 is 0 Å². The van der Waals surface area contributed by atoms with Gasteiger partial charge < -0.3 is 9.52 Å². The number of carbonyl (C=O) groups excluding carboxylic acids is 2. The van der Waals surface area contributed by atoms with Gasteiger partial charge in [0.2, 0.25) is 0 Å². The molecule has 0 bridgehead atoms. The Morgan fingerprint density at radius 1 is 1.24 bits per heavy atom. The van der Waals surface area contributed by atoms with Crippen LogP contribution in [0.3, 0.4) is 0 Å². The Morgan fingerprint density at radius 3 is 2.44 bits per heavy atom. The second kappa shape index (κ2) is 5.67. The first kappa shape index (κ1) is 17.6. The fourth-order valence-corrected chi connectivity index (χ4v) is 4.44. The number of allylic oxidation sites excluding steroid dienone is 5. The number of fused-ring (bicyclic) bond motifs is 1. The van der Waals surface area contributed by atoms with E-state index in [0.29, 0.717) is 29.1 Å². The van der Waals surface area contributed by atoms with Crippen LogP contribution in [0.2, 0.25) is 0 Å². The number of hydrogen-bond donors (Lipinski definition) is 1. The highest BCUT2D eigenvalue weighted by Crippen LogP contribution is 2.62. The predicted octanol–water partition coefficient (Wildman–Crippen LogP) is 3.87. The molecule has 2 aliphatic carbocycles. The van der Waals surface area contributed by atoms with E-state index in [1.165, 1.54) is 0 Å². The zero-order valence-corrected chi connectivity index (χ0v) is 15.2. The summed E-state index contributed by atoms with van der Waals surface area (Å²) < 4.78 is 5.79. The van der Waals surface area contributed by atoms with Crippen LogP contribution in [-0.4, -0.2) is 16.7 Å². The van der Waals surface area contributed by atoms with E-state index in [9.17, 15) is 14.7 Å². The molecule has 0 fully saturated rings. The van der Waals surface area contributed by atoms with Crippen LogP contribution in [0.1, 0.15) is 51.6 Å². The van der Waals surface area contributed by atoms with Gasteiger partial charge in [0.1, 0.15) is 18.1 Å². The van der Waals surface area contributed by atoms with Gasteiger partial charge in [-0.25, -0.2) is 0 Å². The van der Waals surface area contributed by atoms with Gasteiger partial charge in [-0.1, -0.05) is 32.6 Å². The molecule has 132 valence electrons. The Kier molecular flexibility index (Phi) is 3.99. The number of furan rings is 1. The Morgan fingerprint density at radius 2 is 1.88 bits per heavy atom. The first-order valence-corrected chi connectivity index (χ1v) is 8.51. The van der Waals surface area contributed by atoms with Crippen LogP contribution >= 0.6 is 0 Å². The summed E-state index contributed by atoms with van der Waals surface area (Å²) in [5, 5.41) is 9.33. The van der Waals surface area contributed by atoms with Crippen molar-refractivity contribution in [3.63, 3.8) is 0 Å². The molecule has 3 rings (SSSR count). The van der Waals surface area contributed by atoms with Crippen LogP contribution in [0.4, 0.5) is 0 Å². The summed E-state index contributed by atoms with van der Waals surface area (Å²) in [6.45, 7) is 10.9. The van der Waals surface area contributed by atoms with Crippen molar-refractivity contribution in [3.8, 4) is 0 Å². The lowest BCUT2D eigenvalue weighted by atomic mass is 9.46. The van der Waals surface area contributed by atoms with Gasteiger partial charge in [-0.15, -0.1) is 0 Å². The smallest absolute Gasteiger partial charge is 0.166 e. The molecular formula is C21H24O4. The number of aliphatic hydroxyl groups is 1. The molecule has 2 aliphatic rings. The zero-order chi connectivity index (χ0) is 18.6. The lowest BCUT2D eigenvalue weighted by Gasteiger charge is -2.53. The summed E-state index contributed by atoms with van der Waals surface area (Å²) in [5.41, 5.74) is 0.157. The maximum Gasteiger partial charge on any atom is 0.166 e. The van der Waals surface area contributed by atoms with Crippen molar-refractivity contribution in [2.75, 3.05) is 0 Å². The second-order valence-corrected chi connectivity index (χ2v) is 7.45. The van der Waals surface area contributed by atoms with Crippen molar-refractivity contribution in [1.29, 1.82) is 0 Å². The van der Waals surface area contributed by atoms with Crippen molar-refractivity contribution < 1.29 is 19.1 Å². The quantitative estimate of drug-likeness (QED) is 0.907. The fourth-order valence-electron chi connectivity index (χ4n) is 4.44. The summed E-state index contributed by atoms with van der Waals surface area (Å²) in [5.74, 6) is 0.602. The van der Waals surface area contributed by atoms with Crippen LogP contribution in [0.5, 0.6) is 0 Å². The topological polar surface area (TPSA) is 67.5 Å². The monoisotopic (exact) mass is 340 g/mol. The first-order chi connectivity index (χ1) is 11.7. The number of hydrogen-bond acceptors (Lipinski definition) is 4. The molecule has 1 aromatic rings. The molecule has 1 heterocycles. The Balaban J connectivity index is 2.30. The molecule has 4 nitrogen and oxygen atoms in total. The maximum absolute atomic E-state index is 13.4. The highest BCUT2D eigenvalue weighted by molar-refractivity contribution is 6.17. The molecule has 0 saturated heterocycles. The van der Waals surface area contributed by atoms with Crippen molar-refractivity contribution >= 4 is 11.6 Å². The van der Waals surface area contributed by atoms with E-state index in [4.69, 9.17) is 4.42 Å². The third kappa shape index (κ3) is 2.10. The van der Waals surface area contributed by atoms with Gasteiger partial charge in [0.15, 0.2) is 11.6 Å². The minimum absolute atomic E-state index is 0.0189. The molecular weight excluding hydrogens is 316 g/mol. The van der Waals surface area contributed by atoms with Gasteiger partial charge in [-0.05, 0) is 49.1 Å². The Hall–Kier alpha value is -2.20. The normalized spacial score (nSPS) is 32.5. The van der Waals surface area contributed by atoms with Gasteiger partial charge in [-0.3, -0.25) is 9.59 Å². The molecule has 0 amide bonds. The van der Waals surface area contributed by atoms with E-state index in [2.05, 4.69) is 6.58 Å². The van der Waals surface area contributed by atoms with E-state index < -0.39 is 16.7 Å².